The van der Waals surface area contributed by atoms with E-state index in [1.165, 1.54) is 14.2 Å². The van der Waals surface area contributed by atoms with Crippen LogP contribution in [-0.2, 0) is 14.3 Å². The molecule has 1 atom stereocenters. The normalized spacial score (nSPS) is 16.6. The molecule has 0 spiro atoms. The van der Waals surface area contributed by atoms with Gasteiger partial charge in [-0.05, 0) is 19.9 Å². The highest BCUT2D eigenvalue weighted by Crippen LogP contribution is 2.38. The summed E-state index contributed by atoms with van der Waals surface area (Å²) in [5.74, 6) is 0.402. The van der Waals surface area contributed by atoms with Crippen molar-refractivity contribution in [3.8, 4) is 11.5 Å². The number of esters is 1. The molecule has 26 heavy (non-hydrogen) atoms. The molecular formula is C18H24N2O6. The van der Waals surface area contributed by atoms with Gasteiger partial charge in [0.25, 0.3) is 0 Å². The van der Waals surface area contributed by atoms with Crippen molar-refractivity contribution in [3.05, 3.63) is 35.0 Å². The minimum atomic E-state index is -0.728. The lowest BCUT2D eigenvalue weighted by Gasteiger charge is -2.29. The molecule has 2 N–H and O–H groups in total. The number of amides is 2. The zero-order chi connectivity index (χ0) is 19.1. The van der Waals surface area contributed by atoms with Gasteiger partial charge in [0.1, 0.15) is 6.61 Å². The van der Waals surface area contributed by atoms with Crippen LogP contribution in [0, 0.1) is 0 Å². The van der Waals surface area contributed by atoms with Crippen LogP contribution in [0.25, 0.3) is 0 Å². The van der Waals surface area contributed by atoms with E-state index in [1.807, 2.05) is 6.92 Å². The number of methoxy groups -OCH3 is 2. The molecule has 0 unspecified atom stereocenters. The van der Waals surface area contributed by atoms with Gasteiger partial charge in [0, 0.05) is 17.9 Å². The first-order valence-corrected chi connectivity index (χ1v) is 8.27. The van der Waals surface area contributed by atoms with Crippen molar-refractivity contribution in [3.63, 3.8) is 0 Å². The van der Waals surface area contributed by atoms with E-state index in [4.69, 9.17) is 18.9 Å². The van der Waals surface area contributed by atoms with E-state index in [0.29, 0.717) is 41.5 Å². The summed E-state index contributed by atoms with van der Waals surface area (Å²) in [4.78, 5) is 24.6. The van der Waals surface area contributed by atoms with E-state index in [2.05, 4.69) is 10.6 Å². The molecule has 1 aromatic carbocycles. The van der Waals surface area contributed by atoms with Gasteiger partial charge in [-0.1, -0.05) is 12.1 Å². The van der Waals surface area contributed by atoms with Gasteiger partial charge in [0.15, 0.2) is 11.5 Å². The largest absolute Gasteiger partial charge is 0.493 e. The maximum atomic E-state index is 12.6. The highest BCUT2D eigenvalue weighted by Gasteiger charge is 2.34. The van der Waals surface area contributed by atoms with Crippen LogP contribution in [0.2, 0.25) is 0 Å². The number of para-hydroxylation sites is 1. The van der Waals surface area contributed by atoms with Crippen molar-refractivity contribution in [2.75, 3.05) is 34.0 Å². The molecule has 2 amide bonds. The van der Waals surface area contributed by atoms with Crippen LogP contribution < -0.4 is 20.1 Å². The van der Waals surface area contributed by atoms with Crippen LogP contribution in [0.4, 0.5) is 4.79 Å². The Morgan fingerprint density at radius 2 is 1.96 bits per heavy atom. The number of urea groups is 1. The molecule has 8 heteroatoms. The second kappa shape index (κ2) is 9.10. The lowest BCUT2D eigenvalue weighted by Crippen LogP contribution is -2.45. The zero-order valence-electron chi connectivity index (χ0n) is 15.4. The minimum Gasteiger partial charge on any atom is -0.493 e. The van der Waals surface area contributed by atoms with E-state index in [9.17, 15) is 9.59 Å². The van der Waals surface area contributed by atoms with E-state index in [0.717, 1.165) is 0 Å². The first-order valence-electron chi connectivity index (χ1n) is 8.27. The third-order valence-electron chi connectivity index (χ3n) is 3.90. The standard InChI is InChI=1S/C18H24N2O6/c1-5-25-9-10-26-17(21)14-11(2)19-18(22)20-15(14)12-7-6-8-13(23-3)16(12)24-4/h6-8,15H,5,9-10H2,1-4H3,(H2,19,20,22)/t15-/m0/s1. The van der Waals surface area contributed by atoms with Gasteiger partial charge in [0.2, 0.25) is 0 Å². The molecular weight excluding hydrogens is 340 g/mol. The zero-order valence-corrected chi connectivity index (χ0v) is 15.4. The molecule has 8 nitrogen and oxygen atoms in total. The Bertz CT molecular complexity index is 701. The average Bonchev–Trinajstić information content (AvgIpc) is 2.63. The van der Waals surface area contributed by atoms with Gasteiger partial charge in [-0.2, -0.15) is 0 Å². The minimum absolute atomic E-state index is 0.124. The Hall–Kier alpha value is -2.74. The quantitative estimate of drug-likeness (QED) is 0.540. The topological polar surface area (TPSA) is 95.1 Å². The Labute approximate surface area is 152 Å². The predicted molar refractivity (Wildman–Crippen MR) is 94.1 cm³/mol. The first kappa shape index (κ1) is 19.6. The van der Waals surface area contributed by atoms with Crippen LogP contribution in [-0.4, -0.2) is 46.0 Å². The molecule has 0 saturated carbocycles. The average molecular weight is 364 g/mol. The summed E-state index contributed by atoms with van der Waals surface area (Å²) in [5.41, 5.74) is 1.32. The molecule has 1 aliphatic rings. The Morgan fingerprint density at radius 3 is 2.62 bits per heavy atom. The fourth-order valence-corrected chi connectivity index (χ4v) is 2.75. The van der Waals surface area contributed by atoms with E-state index in [1.54, 1.807) is 25.1 Å². The van der Waals surface area contributed by atoms with Crippen molar-refractivity contribution in [2.24, 2.45) is 0 Å². The number of benzene rings is 1. The van der Waals surface area contributed by atoms with Gasteiger partial charge in [-0.3, -0.25) is 0 Å². The molecule has 2 rings (SSSR count). The van der Waals surface area contributed by atoms with Crippen LogP contribution in [0.1, 0.15) is 25.5 Å². The van der Waals surface area contributed by atoms with Crippen molar-refractivity contribution < 1.29 is 28.5 Å². The van der Waals surface area contributed by atoms with E-state index >= 15 is 0 Å². The first-order chi connectivity index (χ1) is 12.5. The van der Waals surface area contributed by atoms with Gasteiger partial charge < -0.3 is 29.6 Å². The number of hydrogen-bond donors (Lipinski definition) is 2. The Morgan fingerprint density at radius 1 is 1.19 bits per heavy atom. The van der Waals surface area contributed by atoms with Gasteiger partial charge in [-0.15, -0.1) is 0 Å². The number of carbonyl (C=O) groups is 2. The fraction of sp³-hybridized carbons (Fsp3) is 0.444. The number of hydrogen-bond acceptors (Lipinski definition) is 6. The van der Waals surface area contributed by atoms with Crippen molar-refractivity contribution >= 4 is 12.0 Å². The second-order valence-electron chi connectivity index (χ2n) is 5.49. The van der Waals surface area contributed by atoms with E-state index in [-0.39, 0.29) is 6.61 Å². The lowest BCUT2D eigenvalue weighted by molar-refractivity contribution is -0.141. The summed E-state index contributed by atoms with van der Waals surface area (Å²) in [6.45, 7) is 4.49. The molecule has 0 aromatic heterocycles. The van der Waals surface area contributed by atoms with Gasteiger partial charge in [0.05, 0.1) is 32.4 Å². The Kier molecular flexibility index (Phi) is 6.85. The molecule has 1 aliphatic heterocycles. The lowest BCUT2D eigenvalue weighted by atomic mass is 9.94. The molecule has 1 aromatic rings. The number of allylic oxidation sites excluding steroid dienone is 1. The maximum Gasteiger partial charge on any atom is 0.338 e. The van der Waals surface area contributed by atoms with Crippen molar-refractivity contribution in [1.82, 2.24) is 10.6 Å². The molecule has 142 valence electrons. The van der Waals surface area contributed by atoms with Crippen LogP contribution in [0.3, 0.4) is 0 Å². The number of ether oxygens (including phenoxy) is 4. The van der Waals surface area contributed by atoms with Crippen LogP contribution >= 0.6 is 0 Å². The summed E-state index contributed by atoms with van der Waals surface area (Å²) in [6, 6.07) is 4.12. The number of rotatable bonds is 8. The molecule has 0 radical (unpaired) electrons. The van der Waals surface area contributed by atoms with Gasteiger partial charge >= 0.3 is 12.0 Å². The summed E-state index contributed by atoms with van der Waals surface area (Å²) in [5, 5.41) is 5.35. The maximum absolute atomic E-state index is 12.6. The molecule has 0 saturated heterocycles. The highest BCUT2D eigenvalue weighted by atomic mass is 16.6. The second-order valence-corrected chi connectivity index (χ2v) is 5.49. The summed E-state index contributed by atoms with van der Waals surface area (Å²) in [7, 11) is 3.02. The predicted octanol–water partition coefficient (Wildman–Crippen LogP) is 1.91. The molecule has 0 fully saturated rings. The Balaban J connectivity index is 2.37. The van der Waals surface area contributed by atoms with Crippen LogP contribution in [0.15, 0.2) is 29.5 Å². The number of nitrogens with one attached hydrogen (secondary N) is 2. The highest BCUT2D eigenvalue weighted by molar-refractivity contribution is 5.95. The third kappa shape index (κ3) is 4.26. The van der Waals surface area contributed by atoms with Gasteiger partial charge in [-0.25, -0.2) is 9.59 Å². The molecule has 0 aliphatic carbocycles. The molecule has 1 heterocycles. The van der Waals surface area contributed by atoms with Crippen molar-refractivity contribution in [1.29, 1.82) is 0 Å². The summed E-state index contributed by atoms with van der Waals surface area (Å²) >= 11 is 0. The van der Waals surface area contributed by atoms with Crippen LogP contribution in [0.5, 0.6) is 11.5 Å². The van der Waals surface area contributed by atoms with E-state index < -0.39 is 18.0 Å². The third-order valence-corrected chi connectivity index (χ3v) is 3.90. The monoisotopic (exact) mass is 364 g/mol. The summed E-state index contributed by atoms with van der Waals surface area (Å²) in [6.07, 6.45) is 0. The SMILES string of the molecule is CCOCCOC(=O)C1=C(C)NC(=O)N[C@H]1c1cccc(OC)c1OC. The number of carbonyl (C=O) groups excluding carboxylic acids is 2. The summed E-state index contributed by atoms with van der Waals surface area (Å²) < 4.78 is 21.2. The molecule has 0 bridgehead atoms. The fourth-order valence-electron chi connectivity index (χ4n) is 2.75. The van der Waals surface area contributed by atoms with Crippen molar-refractivity contribution in [2.45, 2.75) is 19.9 Å². The smallest absolute Gasteiger partial charge is 0.338 e.